The van der Waals surface area contributed by atoms with E-state index in [0.717, 1.165) is 35.4 Å². The molecule has 0 aliphatic heterocycles. The van der Waals surface area contributed by atoms with Crippen molar-refractivity contribution in [3.05, 3.63) is 59.7 Å². The zero-order valence-corrected chi connectivity index (χ0v) is 11.4. The molecule has 3 rings (SSSR count). The molecule has 0 atom stereocenters. The Hall–Kier alpha value is -2.49. The van der Waals surface area contributed by atoms with Crippen LogP contribution in [0, 0.1) is 6.92 Å². The number of rotatable bonds is 4. The fourth-order valence-corrected chi connectivity index (χ4v) is 2.40. The van der Waals surface area contributed by atoms with E-state index in [0.29, 0.717) is 5.82 Å². The van der Waals surface area contributed by atoms with Crippen LogP contribution in [0.1, 0.15) is 17.0 Å². The molecule has 0 unspecified atom stereocenters. The third-order valence-corrected chi connectivity index (χ3v) is 3.38. The van der Waals surface area contributed by atoms with Crippen molar-refractivity contribution in [2.24, 2.45) is 0 Å². The van der Waals surface area contributed by atoms with Gasteiger partial charge in [0.05, 0.1) is 6.26 Å². The predicted molar refractivity (Wildman–Crippen MR) is 79.3 cm³/mol. The number of nitrogens with zero attached hydrogens (tertiary/aromatic N) is 1. The van der Waals surface area contributed by atoms with Gasteiger partial charge in [0.15, 0.2) is 5.82 Å². The van der Waals surface area contributed by atoms with Crippen LogP contribution >= 0.6 is 0 Å². The first-order chi connectivity index (χ1) is 9.74. The van der Waals surface area contributed by atoms with Gasteiger partial charge in [-0.3, -0.25) is 5.10 Å². The summed E-state index contributed by atoms with van der Waals surface area (Å²) in [6.07, 6.45) is 3.34. The summed E-state index contributed by atoms with van der Waals surface area (Å²) in [5.74, 6) is 1.51. The van der Waals surface area contributed by atoms with Gasteiger partial charge in [-0.05, 0) is 31.0 Å². The lowest BCUT2D eigenvalue weighted by Gasteiger charge is -2.05. The topological polar surface area (TPSA) is 67.8 Å². The Kier molecular flexibility index (Phi) is 3.29. The molecule has 20 heavy (non-hydrogen) atoms. The van der Waals surface area contributed by atoms with E-state index >= 15 is 0 Å². The van der Waals surface area contributed by atoms with Crippen LogP contribution in [0.4, 0.5) is 5.82 Å². The first-order valence-electron chi connectivity index (χ1n) is 6.66. The zero-order valence-electron chi connectivity index (χ0n) is 11.4. The second kappa shape index (κ2) is 5.25. The average molecular weight is 267 g/mol. The maximum atomic E-state index is 6.01. The standard InChI is InChI=1S/C16H17N3O/c1-11-4-2-5-12(10-11)15-14(18-19-16(15)17)8-7-13-6-3-9-20-13/h2-6,9-10H,7-8H2,1H3,(H3,17,18,19). The van der Waals surface area contributed by atoms with Gasteiger partial charge >= 0.3 is 0 Å². The second-order valence-corrected chi connectivity index (χ2v) is 4.91. The minimum atomic E-state index is 0.546. The van der Waals surface area contributed by atoms with Crippen molar-refractivity contribution in [3.63, 3.8) is 0 Å². The number of aryl methyl sites for hydroxylation is 3. The molecule has 0 saturated carbocycles. The average Bonchev–Trinajstić information content (AvgIpc) is 3.06. The first-order valence-corrected chi connectivity index (χ1v) is 6.66. The van der Waals surface area contributed by atoms with Gasteiger partial charge in [-0.15, -0.1) is 0 Å². The van der Waals surface area contributed by atoms with E-state index in [1.807, 2.05) is 18.2 Å². The largest absolute Gasteiger partial charge is 0.469 e. The Labute approximate surface area is 117 Å². The fraction of sp³-hybridized carbons (Fsp3) is 0.188. The molecule has 102 valence electrons. The predicted octanol–water partition coefficient (Wildman–Crippen LogP) is 3.35. The van der Waals surface area contributed by atoms with Crippen molar-refractivity contribution in [3.8, 4) is 11.1 Å². The van der Waals surface area contributed by atoms with Crippen molar-refractivity contribution in [1.82, 2.24) is 10.2 Å². The maximum Gasteiger partial charge on any atom is 0.153 e. The number of anilines is 1. The molecule has 3 N–H and O–H groups in total. The minimum absolute atomic E-state index is 0.546. The molecule has 0 radical (unpaired) electrons. The molecule has 0 fully saturated rings. The third-order valence-electron chi connectivity index (χ3n) is 3.38. The number of aromatic nitrogens is 2. The van der Waals surface area contributed by atoms with Gasteiger partial charge in [-0.25, -0.2) is 0 Å². The van der Waals surface area contributed by atoms with Crippen molar-refractivity contribution in [2.45, 2.75) is 19.8 Å². The van der Waals surface area contributed by atoms with Crippen LogP contribution in [0.15, 0.2) is 47.1 Å². The number of benzene rings is 1. The summed E-state index contributed by atoms with van der Waals surface area (Å²) in [5.41, 5.74) is 10.4. The SMILES string of the molecule is Cc1cccc(-c2c(N)n[nH]c2CCc2ccco2)c1. The highest BCUT2D eigenvalue weighted by Crippen LogP contribution is 2.29. The number of aromatic amines is 1. The van der Waals surface area contributed by atoms with E-state index in [2.05, 4.69) is 35.3 Å². The highest BCUT2D eigenvalue weighted by atomic mass is 16.3. The van der Waals surface area contributed by atoms with Gasteiger partial charge in [0.1, 0.15) is 5.76 Å². The maximum absolute atomic E-state index is 6.01. The summed E-state index contributed by atoms with van der Waals surface area (Å²) < 4.78 is 5.36. The Morgan fingerprint density at radius 3 is 2.85 bits per heavy atom. The van der Waals surface area contributed by atoms with Crippen molar-refractivity contribution < 1.29 is 4.42 Å². The number of nitrogen functional groups attached to an aromatic ring is 1. The monoisotopic (exact) mass is 267 g/mol. The Morgan fingerprint density at radius 2 is 2.10 bits per heavy atom. The number of nitrogens with one attached hydrogen (secondary N) is 1. The van der Waals surface area contributed by atoms with E-state index in [9.17, 15) is 0 Å². The molecule has 0 aliphatic carbocycles. The van der Waals surface area contributed by atoms with Crippen LogP contribution in [0.2, 0.25) is 0 Å². The summed E-state index contributed by atoms with van der Waals surface area (Å²) in [5, 5.41) is 7.18. The molecule has 0 spiro atoms. The summed E-state index contributed by atoms with van der Waals surface area (Å²) >= 11 is 0. The molecule has 4 heteroatoms. The van der Waals surface area contributed by atoms with Crippen molar-refractivity contribution in [2.75, 3.05) is 5.73 Å². The molecule has 0 bridgehead atoms. The molecule has 2 aromatic heterocycles. The van der Waals surface area contributed by atoms with Crippen LogP contribution in [-0.4, -0.2) is 10.2 Å². The van der Waals surface area contributed by atoms with Gasteiger partial charge in [-0.2, -0.15) is 5.10 Å². The van der Waals surface area contributed by atoms with E-state index in [4.69, 9.17) is 10.2 Å². The van der Waals surface area contributed by atoms with Crippen LogP contribution in [0.3, 0.4) is 0 Å². The summed E-state index contributed by atoms with van der Waals surface area (Å²) in [4.78, 5) is 0. The van der Waals surface area contributed by atoms with Gasteiger partial charge in [-0.1, -0.05) is 29.8 Å². The van der Waals surface area contributed by atoms with Gasteiger partial charge in [0.25, 0.3) is 0 Å². The number of H-pyrrole nitrogens is 1. The normalized spacial score (nSPS) is 10.8. The van der Waals surface area contributed by atoms with Crippen LogP contribution < -0.4 is 5.73 Å². The van der Waals surface area contributed by atoms with Crippen molar-refractivity contribution >= 4 is 5.82 Å². The smallest absolute Gasteiger partial charge is 0.153 e. The van der Waals surface area contributed by atoms with Crippen LogP contribution in [0.5, 0.6) is 0 Å². The Bertz CT molecular complexity index is 698. The van der Waals surface area contributed by atoms with E-state index in [-0.39, 0.29) is 0 Å². The number of hydrogen-bond donors (Lipinski definition) is 2. The lowest BCUT2D eigenvalue weighted by Crippen LogP contribution is -1.94. The molecular formula is C16H17N3O. The van der Waals surface area contributed by atoms with Gasteiger partial charge in [0, 0.05) is 17.7 Å². The molecule has 0 amide bonds. The van der Waals surface area contributed by atoms with E-state index in [1.165, 1.54) is 5.56 Å². The molecular weight excluding hydrogens is 250 g/mol. The number of furan rings is 1. The van der Waals surface area contributed by atoms with E-state index in [1.54, 1.807) is 6.26 Å². The third kappa shape index (κ3) is 2.45. The van der Waals surface area contributed by atoms with Crippen LogP contribution in [0.25, 0.3) is 11.1 Å². The van der Waals surface area contributed by atoms with Crippen LogP contribution in [-0.2, 0) is 12.8 Å². The molecule has 1 aromatic carbocycles. The highest BCUT2D eigenvalue weighted by Gasteiger charge is 2.13. The Balaban J connectivity index is 1.89. The minimum Gasteiger partial charge on any atom is -0.469 e. The molecule has 0 aliphatic rings. The zero-order chi connectivity index (χ0) is 13.9. The lowest BCUT2D eigenvalue weighted by molar-refractivity contribution is 0.507. The number of hydrogen-bond acceptors (Lipinski definition) is 3. The number of nitrogens with two attached hydrogens (primary N) is 1. The van der Waals surface area contributed by atoms with Crippen molar-refractivity contribution in [1.29, 1.82) is 0 Å². The van der Waals surface area contributed by atoms with E-state index < -0.39 is 0 Å². The summed E-state index contributed by atoms with van der Waals surface area (Å²) in [6.45, 7) is 2.07. The van der Waals surface area contributed by atoms with Gasteiger partial charge in [0.2, 0.25) is 0 Å². The molecule has 3 aromatic rings. The quantitative estimate of drug-likeness (QED) is 0.761. The summed E-state index contributed by atoms with van der Waals surface area (Å²) in [6, 6.07) is 12.2. The fourth-order valence-electron chi connectivity index (χ4n) is 2.40. The molecule has 2 heterocycles. The highest BCUT2D eigenvalue weighted by molar-refractivity contribution is 5.76. The molecule has 0 saturated heterocycles. The Morgan fingerprint density at radius 1 is 1.20 bits per heavy atom. The van der Waals surface area contributed by atoms with Gasteiger partial charge < -0.3 is 10.2 Å². The first kappa shape index (κ1) is 12.5. The summed E-state index contributed by atoms with van der Waals surface area (Å²) in [7, 11) is 0. The lowest BCUT2D eigenvalue weighted by atomic mass is 10.0. The second-order valence-electron chi connectivity index (χ2n) is 4.91. The molecule has 4 nitrogen and oxygen atoms in total.